The van der Waals surface area contributed by atoms with Gasteiger partial charge < -0.3 is 15.4 Å². The molecule has 1 unspecified atom stereocenters. The Bertz CT molecular complexity index is 1620. The number of thioether (sulfide) groups is 1. The lowest BCUT2D eigenvalue weighted by molar-refractivity contribution is -0.0298. The van der Waals surface area contributed by atoms with E-state index in [4.69, 9.17) is 14.7 Å². The minimum Gasteiger partial charge on any atom is -0.365 e. The van der Waals surface area contributed by atoms with Crippen molar-refractivity contribution < 1.29 is 4.74 Å². The number of hydrogen-bond donors (Lipinski definition) is 2. The molecule has 2 aromatic carbocycles. The minimum absolute atomic E-state index is 0.0453. The number of anilines is 3. The number of fused-ring (bicyclic) bond motifs is 2. The normalized spacial score (nSPS) is 17.7. The topological polar surface area (TPSA) is 89.8 Å². The van der Waals surface area contributed by atoms with Crippen LogP contribution in [0.25, 0.3) is 33.2 Å². The van der Waals surface area contributed by atoms with E-state index < -0.39 is 0 Å². The summed E-state index contributed by atoms with van der Waals surface area (Å²) in [6, 6.07) is 17.2. The van der Waals surface area contributed by atoms with Crippen LogP contribution in [0, 0.1) is 0 Å². The van der Waals surface area contributed by atoms with Crippen LogP contribution >= 0.6 is 11.8 Å². The molecule has 8 nitrogen and oxygen atoms in total. The van der Waals surface area contributed by atoms with Crippen LogP contribution in [-0.2, 0) is 4.74 Å². The number of ether oxygens (including phenoxy) is 1. The SMILES string of the molecule is CSc1ccccc1-c1ccnc2ccc(Nc3nc(NC4CC4)c4ncn(C5CCCCO5)c4n3)cc12. The van der Waals surface area contributed by atoms with Crippen LogP contribution in [0.1, 0.15) is 38.3 Å². The first-order valence-corrected chi connectivity index (χ1v) is 14.4. The summed E-state index contributed by atoms with van der Waals surface area (Å²) in [6.45, 7) is 0.765. The van der Waals surface area contributed by atoms with Crippen molar-refractivity contribution >= 4 is 51.3 Å². The molecule has 0 radical (unpaired) electrons. The lowest BCUT2D eigenvalue weighted by Crippen LogP contribution is -2.18. The van der Waals surface area contributed by atoms with Crippen LogP contribution in [-0.4, -0.2) is 43.4 Å². The van der Waals surface area contributed by atoms with Crippen LogP contribution in [0.2, 0.25) is 0 Å². The molecule has 3 aromatic heterocycles. The Kier molecular flexibility index (Phi) is 6.09. The van der Waals surface area contributed by atoms with Gasteiger partial charge >= 0.3 is 0 Å². The zero-order chi connectivity index (χ0) is 25.5. The number of hydrogen-bond acceptors (Lipinski definition) is 8. The van der Waals surface area contributed by atoms with Crippen molar-refractivity contribution in [2.24, 2.45) is 0 Å². The van der Waals surface area contributed by atoms with Crippen LogP contribution in [0.15, 0.2) is 66.0 Å². The van der Waals surface area contributed by atoms with E-state index in [0.717, 1.165) is 77.8 Å². The number of rotatable bonds is 7. The molecule has 1 saturated heterocycles. The summed E-state index contributed by atoms with van der Waals surface area (Å²) < 4.78 is 8.11. The quantitative estimate of drug-likeness (QED) is 0.226. The van der Waals surface area contributed by atoms with E-state index in [0.29, 0.717) is 12.0 Å². The molecule has 1 saturated carbocycles. The Morgan fingerprint density at radius 2 is 1.89 bits per heavy atom. The number of benzene rings is 2. The van der Waals surface area contributed by atoms with Gasteiger partial charge in [-0.05, 0) is 79.8 Å². The van der Waals surface area contributed by atoms with Crippen molar-refractivity contribution in [1.82, 2.24) is 24.5 Å². The van der Waals surface area contributed by atoms with E-state index in [1.807, 2.05) is 24.7 Å². The van der Waals surface area contributed by atoms with Gasteiger partial charge in [-0.2, -0.15) is 9.97 Å². The predicted molar refractivity (Wildman–Crippen MR) is 153 cm³/mol. The summed E-state index contributed by atoms with van der Waals surface area (Å²) in [7, 11) is 0. The fourth-order valence-electron chi connectivity index (χ4n) is 5.10. The van der Waals surface area contributed by atoms with Crippen molar-refractivity contribution in [2.45, 2.75) is 49.3 Å². The van der Waals surface area contributed by atoms with Gasteiger partial charge in [-0.15, -0.1) is 11.8 Å². The van der Waals surface area contributed by atoms with Gasteiger partial charge in [0.15, 0.2) is 17.0 Å². The maximum Gasteiger partial charge on any atom is 0.231 e. The van der Waals surface area contributed by atoms with Gasteiger partial charge in [0.1, 0.15) is 6.23 Å². The van der Waals surface area contributed by atoms with Crippen LogP contribution in [0.4, 0.5) is 17.5 Å². The van der Waals surface area contributed by atoms with Crippen LogP contribution in [0.5, 0.6) is 0 Å². The fraction of sp³-hybridized carbons (Fsp3) is 0.310. The lowest BCUT2D eigenvalue weighted by Gasteiger charge is -2.24. The first-order chi connectivity index (χ1) is 18.8. The molecule has 2 N–H and O–H groups in total. The molecule has 2 fully saturated rings. The molecule has 0 amide bonds. The minimum atomic E-state index is -0.0453. The molecular formula is C29H29N7OS. The Morgan fingerprint density at radius 3 is 2.74 bits per heavy atom. The van der Waals surface area contributed by atoms with E-state index >= 15 is 0 Å². The number of nitrogens with one attached hydrogen (secondary N) is 2. The molecule has 9 heteroatoms. The van der Waals surface area contributed by atoms with Crippen LogP contribution < -0.4 is 10.6 Å². The molecule has 1 aliphatic heterocycles. The summed E-state index contributed by atoms with van der Waals surface area (Å²) in [4.78, 5) is 20.3. The third-order valence-corrected chi connectivity index (χ3v) is 8.00. The molecule has 0 bridgehead atoms. The highest BCUT2D eigenvalue weighted by Crippen LogP contribution is 2.36. The summed E-state index contributed by atoms with van der Waals surface area (Å²) in [5, 5.41) is 8.11. The smallest absolute Gasteiger partial charge is 0.231 e. The predicted octanol–water partition coefficient (Wildman–Crippen LogP) is 6.78. The molecule has 1 aliphatic carbocycles. The molecule has 1 atom stereocenters. The fourth-order valence-corrected chi connectivity index (χ4v) is 5.72. The number of pyridine rings is 1. The second-order valence-electron chi connectivity index (χ2n) is 9.88. The van der Waals surface area contributed by atoms with Crippen molar-refractivity contribution in [3.63, 3.8) is 0 Å². The third kappa shape index (κ3) is 4.46. The van der Waals surface area contributed by atoms with Gasteiger partial charge in [-0.1, -0.05) is 18.2 Å². The van der Waals surface area contributed by atoms with Gasteiger partial charge in [0.2, 0.25) is 5.95 Å². The standard InChI is InChI=1S/C29H29N7OS/c1-38-24-7-3-2-6-21(24)20-13-14-30-23-12-11-19(16-22(20)23)33-29-34-27(32-18-9-10-18)26-28(35-29)36(17-31-26)25-8-4-5-15-37-25/h2-3,6-7,11-14,16-18,25H,4-5,8-10,15H2,1H3,(H2,32,33,34,35). The maximum absolute atomic E-state index is 6.06. The van der Waals surface area contributed by atoms with Gasteiger partial charge in [0.05, 0.1) is 11.8 Å². The Balaban J connectivity index is 1.29. The van der Waals surface area contributed by atoms with E-state index in [1.54, 1.807) is 11.8 Å². The third-order valence-electron chi connectivity index (χ3n) is 7.20. The second kappa shape index (κ2) is 9.89. The zero-order valence-electron chi connectivity index (χ0n) is 21.2. The van der Waals surface area contributed by atoms with Gasteiger partial charge in [-0.3, -0.25) is 9.55 Å². The Morgan fingerprint density at radius 1 is 0.974 bits per heavy atom. The molecule has 7 rings (SSSR count). The van der Waals surface area contributed by atoms with Crippen molar-refractivity contribution in [3.8, 4) is 11.1 Å². The number of imidazole rings is 1. The summed E-state index contributed by atoms with van der Waals surface area (Å²) in [5.41, 5.74) is 5.79. The molecule has 5 aromatic rings. The van der Waals surface area contributed by atoms with E-state index in [-0.39, 0.29) is 6.23 Å². The number of nitrogens with zero attached hydrogens (tertiary/aromatic N) is 5. The van der Waals surface area contributed by atoms with Crippen molar-refractivity contribution in [2.75, 3.05) is 23.5 Å². The molecule has 192 valence electrons. The average Bonchev–Trinajstić information content (AvgIpc) is 3.68. The van der Waals surface area contributed by atoms with Gasteiger partial charge in [0.25, 0.3) is 0 Å². The first-order valence-electron chi connectivity index (χ1n) is 13.2. The maximum atomic E-state index is 6.06. The largest absolute Gasteiger partial charge is 0.365 e. The van der Waals surface area contributed by atoms with Gasteiger partial charge in [0, 0.05) is 34.8 Å². The highest BCUT2D eigenvalue weighted by Gasteiger charge is 2.26. The molecule has 4 heterocycles. The highest BCUT2D eigenvalue weighted by molar-refractivity contribution is 7.98. The van der Waals surface area contributed by atoms with Crippen molar-refractivity contribution in [3.05, 3.63) is 61.1 Å². The summed E-state index contributed by atoms with van der Waals surface area (Å²) in [5.74, 6) is 1.30. The van der Waals surface area contributed by atoms with E-state index in [9.17, 15) is 0 Å². The first kappa shape index (κ1) is 23.4. The molecule has 38 heavy (non-hydrogen) atoms. The summed E-state index contributed by atoms with van der Waals surface area (Å²) >= 11 is 1.75. The monoisotopic (exact) mass is 523 g/mol. The molecule has 2 aliphatic rings. The Labute approximate surface area is 225 Å². The highest BCUT2D eigenvalue weighted by atomic mass is 32.2. The van der Waals surface area contributed by atoms with Gasteiger partial charge in [-0.25, -0.2) is 4.98 Å². The summed E-state index contributed by atoms with van der Waals surface area (Å²) in [6.07, 6.45) is 11.3. The van der Waals surface area contributed by atoms with E-state index in [2.05, 4.69) is 67.8 Å². The van der Waals surface area contributed by atoms with Crippen molar-refractivity contribution in [1.29, 1.82) is 0 Å². The second-order valence-corrected chi connectivity index (χ2v) is 10.7. The lowest BCUT2D eigenvalue weighted by atomic mass is 10.0. The average molecular weight is 524 g/mol. The Hall–Kier alpha value is -3.69. The zero-order valence-corrected chi connectivity index (χ0v) is 22.0. The molecular weight excluding hydrogens is 494 g/mol. The van der Waals surface area contributed by atoms with Crippen LogP contribution in [0.3, 0.4) is 0 Å². The molecule has 0 spiro atoms. The van der Waals surface area contributed by atoms with E-state index in [1.165, 1.54) is 10.5 Å². The number of aromatic nitrogens is 5.